The topological polar surface area (TPSA) is 76.0 Å². The molecule has 5 heteroatoms. The van der Waals surface area contributed by atoms with Crippen LogP contribution in [0.2, 0.25) is 0 Å². The highest BCUT2D eigenvalue weighted by Crippen LogP contribution is 2.23. The average molecular weight is 240 g/mol. The molecule has 0 bridgehead atoms. The van der Waals surface area contributed by atoms with E-state index in [9.17, 15) is 9.90 Å². The fourth-order valence-electron chi connectivity index (χ4n) is 1.24. The normalized spacial score (nSPS) is 14.1. The lowest BCUT2D eigenvalue weighted by Gasteiger charge is -2.18. The minimum atomic E-state index is -1.88. The first-order valence-electron chi connectivity index (χ1n) is 5.16. The van der Waals surface area contributed by atoms with E-state index >= 15 is 0 Å². The van der Waals surface area contributed by atoms with Gasteiger partial charge in [-0.3, -0.25) is 0 Å². The second-order valence-electron chi connectivity index (χ2n) is 3.74. The van der Waals surface area contributed by atoms with Crippen molar-refractivity contribution in [2.45, 2.75) is 12.5 Å². The van der Waals surface area contributed by atoms with Gasteiger partial charge in [0, 0.05) is 7.11 Å². The lowest BCUT2D eigenvalue weighted by Crippen LogP contribution is -2.31. The molecule has 0 radical (unpaired) electrons. The van der Waals surface area contributed by atoms with Gasteiger partial charge in [-0.1, -0.05) is 12.1 Å². The number of hydrogen-bond acceptors (Lipinski definition) is 4. The van der Waals surface area contributed by atoms with Gasteiger partial charge < -0.3 is 19.7 Å². The molecule has 0 saturated heterocycles. The fraction of sp³-hybridized carbons (Fsp3) is 0.417. The molecular weight excluding hydrogens is 224 g/mol. The van der Waals surface area contributed by atoms with E-state index in [4.69, 9.17) is 14.6 Å². The third-order valence-electron chi connectivity index (χ3n) is 2.39. The van der Waals surface area contributed by atoms with Gasteiger partial charge >= 0.3 is 5.97 Å². The van der Waals surface area contributed by atoms with Crippen LogP contribution < -0.4 is 4.74 Å². The van der Waals surface area contributed by atoms with E-state index in [-0.39, 0.29) is 0 Å². The second kappa shape index (κ2) is 5.65. The molecule has 17 heavy (non-hydrogen) atoms. The van der Waals surface area contributed by atoms with E-state index in [0.717, 1.165) is 0 Å². The Labute approximate surface area is 99.6 Å². The van der Waals surface area contributed by atoms with Crippen molar-refractivity contribution in [1.82, 2.24) is 0 Å². The van der Waals surface area contributed by atoms with E-state index in [1.807, 2.05) is 0 Å². The molecule has 1 aromatic rings. The van der Waals surface area contributed by atoms with E-state index in [0.29, 0.717) is 24.5 Å². The predicted molar refractivity (Wildman–Crippen MR) is 61.0 cm³/mol. The Balaban J connectivity index is 2.71. The Morgan fingerprint density at radius 3 is 2.35 bits per heavy atom. The SMILES string of the molecule is COCCOc1ccc([C@@](C)(O)C(=O)O)cc1. The minimum absolute atomic E-state index is 0.309. The van der Waals surface area contributed by atoms with Gasteiger partial charge in [0.1, 0.15) is 12.4 Å². The molecule has 0 saturated carbocycles. The van der Waals surface area contributed by atoms with Gasteiger partial charge in [0.15, 0.2) is 5.60 Å². The zero-order valence-corrected chi connectivity index (χ0v) is 9.84. The molecular formula is C12H16O5. The number of ether oxygens (including phenoxy) is 2. The van der Waals surface area contributed by atoms with Crippen LogP contribution in [0.1, 0.15) is 12.5 Å². The smallest absolute Gasteiger partial charge is 0.340 e. The third kappa shape index (κ3) is 3.44. The second-order valence-corrected chi connectivity index (χ2v) is 3.74. The molecule has 94 valence electrons. The summed E-state index contributed by atoms with van der Waals surface area (Å²) in [6.07, 6.45) is 0. The summed E-state index contributed by atoms with van der Waals surface area (Å²) < 4.78 is 10.2. The highest BCUT2D eigenvalue weighted by molar-refractivity contribution is 5.78. The number of aliphatic carboxylic acids is 1. The summed E-state index contributed by atoms with van der Waals surface area (Å²) in [5.41, 5.74) is -1.57. The quantitative estimate of drug-likeness (QED) is 0.725. The molecule has 0 aromatic heterocycles. The van der Waals surface area contributed by atoms with Crippen molar-refractivity contribution >= 4 is 5.97 Å². The van der Waals surface area contributed by atoms with Gasteiger partial charge in [0.2, 0.25) is 0 Å². The van der Waals surface area contributed by atoms with Crippen LogP contribution in [0, 0.1) is 0 Å². The molecule has 0 spiro atoms. The van der Waals surface area contributed by atoms with Crippen molar-refractivity contribution in [1.29, 1.82) is 0 Å². The molecule has 0 aliphatic heterocycles. The Morgan fingerprint density at radius 2 is 1.88 bits per heavy atom. The zero-order valence-electron chi connectivity index (χ0n) is 9.84. The van der Waals surface area contributed by atoms with E-state index in [2.05, 4.69) is 0 Å². The van der Waals surface area contributed by atoms with Gasteiger partial charge in [0.25, 0.3) is 0 Å². The monoisotopic (exact) mass is 240 g/mol. The molecule has 5 nitrogen and oxygen atoms in total. The van der Waals surface area contributed by atoms with Crippen molar-refractivity contribution in [3.05, 3.63) is 29.8 Å². The fourth-order valence-corrected chi connectivity index (χ4v) is 1.24. The summed E-state index contributed by atoms with van der Waals surface area (Å²) in [5.74, 6) is -0.683. The first-order chi connectivity index (χ1) is 7.98. The van der Waals surface area contributed by atoms with Gasteiger partial charge in [-0.15, -0.1) is 0 Å². The standard InChI is InChI=1S/C12H16O5/c1-12(15,11(13)14)9-3-5-10(6-4-9)17-8-7-16-2/h3-6,15H,7-8H2,1-2H3,(H,13,14)/t12-/m1/s1. The Hall–Kier alpha value is -1.59. The first-order valence-corrected chi connectivity index (χ1v) is 5.16. The van der Waals surface area contributed by atoms with Crippen LogP contribution >= 0.6 is 0 Å². The highest BCUT2D eigenvalue weighted by atomic mass is 16.5. The summed E-state index contributed by atoms with van der Waals surface area (Å²) >= 11 is 0. The maximum absolute atomic E-state index is 10.8. The van der Waals surface area contributed by atoms with Crippen molar-refractivity contribution < 1.29 is 24.5 Å². The molecule has 2 N–H and O–H groups in total. The lowest BCUT2D eigenvalue weighted by molar-refractivity contribution is -0.157. The molecule has 0 amide bonds. The Kier molecular flexibility index (Phi) is 4.48. The van der Waals surface area contributed by atoms with Gasteiger partial charge in [-0.2, -0.15) is 0 Å². The maximum atomic E-state index is 10.8. The molecule has 0 unspecified atom stereocenters. The minimum Gasteiger partial charge on any atom is -0.491 e. The van der Waals surface area contributed by atoms with Crippen LogP contribution in [0.5, 0.6) is 5.75 Å². The summed E-state index contributed by atoms with van der Waals surface area (Å²) in [6.45, 7) is 2.13. The molecule has 1 atom stereocenters. The molecule has 0 heterocycles. The van der Waals surface area contributed by atoms with Crippen molar-refractivity contribution in [3.8, 4) is 5.75 Å². The van der Waals surface area contributed by atoms with E-state index in [1.165, 1.54) is 19.1 Å². The van der Waals surface area contributed by atoms with E-state index < -0.39 is 11.6 Å². The largest absolute Gasteiger partial charge is 0.491 e. The number of benzene rings is 1. The van der Waals surface area contributed by atoms with Gasteiger partial charge in [-0.25, -0.2) is 4.79 Å². The number of carboxylic acids is 1. The van der Waals surface area contributed by atoms with E-state index in [1.54, 1.807) is 19.2 Å². The van der Waals surface area contributed by atoms with Crippen LogP contribution in [0.25, 0.3) is 0 Å². The van der Waals surface area contributed by atoms with Crippen molar-refractivity contribution in [3.63, 3.8) is 0 Å². The lowest BCUT2D eigenvalue weighted by atomic mass is 9.96. The summed E-state index contributed by atoms with van der Waals surface area (Å²) in [4.78, 5) is 10.8. The number of hydrogen-bond donors (Lipinski definition) is 2. The molecule has 0 aliphatic rings. The van der Waals surface area contributed by atoms with Crippen LogP contribution in [0.3, 0.4) is 0 Å². The predicted octanol–water partition coefficient (Wildman–Crippen LogP) is 1.00. The van der Waals surface area contributed by atoms with Crippen molar-refractivity contribution in [2.75, 3.05) is 20.3 Å². The highest BCUT2D eigenvalue weighted by Gasteiger charge is 2.31. The number of carbonyl (C=O) groups is 1. The number of carboxylic acid groups (broad SMARTS) is 1. The number of methoxy groups -OCH3 is 1. The summed E-state index contributed by atoms with van der Waals surface area (Å²) in [5, 5.41) is 18.5. The molecule has 1 aromatic carbocycles. The summed E-state index contributed by atoms with van der Waals surface area (Å²) in [7, 11) is 1.58. The van der Waals surface area contributed by atoms with Crippen LogP contribution in [0.15, 0.2) is 24.3 Å². The molecule has 1 rings (SSSR count). The van der Waals surface area contributed by atoms with Crippen LogP contribution in [-0.4, -0.2) is 36.5 Å². The third-order valence-corrected chi connectivity index (χ3v) is 2.39. The zero-order chi connectivity index (χ0) is 12.9. The number of aliphatic hydroxyl groups is 1. The summed E-state index contributed by atoms with van der Waals surface area (Å²) in [6, 6.07) is 6.28. The number of rotatable bonds is 6. The Morgan fingerprint density at radius 1 is 1.29 bits per heavy atom. The van der Waals surface area contributed by atoms with Crippen LogP contribution in [-0.2, 0) is 15.1 Å². The first kappa shape index (κ1) is 13.5. The molecule has 0 fully saturated rings. The Bertz CT molecular complexity index is 369. The average Bonchev–Trinajstić information content (AvgIpc) is 2.30. The van der Waals surface area contributed by atoms with Gasteiger partial charge in [0.05, 0.1) is 6.61 Å². The van der Waals surface area contributed by atoms with Crippen LogP contribution in [0.4, 0.5) is 0 Å². The molecule has 0 aliphatic carbocycles. The van der Waals surface area contributed by atoms with Crippen molar-refractivity contribution in [2.24, 2.45) is 0 Å². The van der Waals surface area contributed by atoms with Gasteiger partial charge in [-0.05, 0) is 24.6 Å². The maximum Gasteiger partial charge on any atom is 0.340 e.